The molecule has 0 spiro atoms. The molecule has 3 aromatic heterocycles. The van der Waals surface area contributed by atoms with Gasteiger partial charge in [-0.15, -0.1) is 0 Å². The normalized spacial score (nSPS) is 16.2. The Hall–Kier alpha value is -3.71. The molecule has 2 atom stereocenters. The van der Waals surface area contributed by atoms with Crippen LogP contribution in [0, 0.1) is 11.8 Å². The quantitative estimate of drug-likeness (QED) is 0.403. The number of aliphatic hydroxyl groups is 1. The average Bonchev–Trinajstić information content (AvgIpc) is 2.90. The van der Waals surface area contributed by atoms with Crippen LogP contribution in [0.15, 0.2) is 55.0 Å². The highest BCUT2D eigenvalue weighted by molar-refractivity contribution is 6.00. The summed E-state index contributed by atoms with van der Waals surface area (Å²) < 4.78 is 0. The maximum absolute atomic E-state index is 12.6. The molecule has 1 aliphatic rings. The highest BCUT2D eigenvalue weighted by Crippen LogP contribution is 2.38. The molecule has 0 aliphatic heterocycles. The lowest BCUT2D eigenvalue weighted by Crippen LogP contribution is -2.21. The second-order valence-electron chi connectivity index (χ2n) is 9.97. The molecule has 1 amide bonds. The van der Waals surface area contributed by atoms with E-state index in [0.29, 0.717) is 23.8 Å². The summed E-state index contributed by atoms with van der Waals surface area (Å²) in [5, 5.41) is 18.7. The minimum Gasteiger partial charge on any atom is -0.396 e. The van der Waals surface area contributed by atoms with Crippen LogP contribution in [0.4, 0.5) is 0 Å². The molecule has 0 saturated carbocycles. The lowest BCUT2D eigenvalue weighted by Gasteiger charge is -2.28. The van der Waals surface area contributed by atoms with Crippen molar-refractivity contribution in [3.63, 3.8) is 0 Å². The second-order valence-corrected chi connectivity index (χ2v) is 9.97. The van der Waals surface area contributed by atoms with Gasteiger partial charge in [0.05, 0.1) is 23.6 Å². The van der Waals surface area contributed by atoms with Crippen LogP contribution in [0.3, 0.4) is 0 Å². The number of benzene rings is 1. The number of primary amides is 1. The number of pyridine rings is 2. The van der Waals surface area contributed by atoms with Crippen LogP contribution < -0.4 is 5.73 Å². The van der Waals surface area contributed by atoms with Gasteiger partial charge in [0.25, 0.3) is 0 Å². The van der Waals surface area contributed by atoms with E-state index in [-0.39, 0.29) is 12.5 Å². The van der Waals surface area contributed by atoms with Gasteiger partial charge in [0, 0.05) is 40.9 Å². The Morgan fingerprint density at radius 3 is 2.67 bits per heavy atom. The van der Waals surface area contributed by atoms with E-state index in [4.69, 9.17) is 10.7 Å². The molecule has 7 nitrogen and oxygen atoms in total. The smallest absolute Gasteiger partial charge is 0.249 e. The average molecular weight is 482 g/mol. The van der Waals surface area contributed by atoms with Gasteiger partial charge in [-0.1, -0.05) is 19.9 Å². The second kappa shape index (κ2) is 10.1. The Morgan fingerprint density at radius 1 is 1.14 bits per heavy atom. The van der Waals surface area contributed by atoms with Crippen LogP contribution >= 0.6 is 0 Å². The predicted molar refractivity (Wildman–Crippen MR) is 139 cm³/mol. The number of aliphatic hydroxyl groups excluding tert-OH is 1. The van der Waals surface area contributed by atoms with Crippen molar-refractivity contribution in [2.75, 3.05) is 6.61 Å². The zero-order valence-electron chi connectivity index (χ0n) is 20.7. The third-order valence-electron chi connectivity index (χ3n) is 7.49. The number of carbonyl (C=O) groups excluding carboxylic acids is 1. The molecule has 0 bridgehead atoms. The monoisotopic (exact) mass is 481 g/mol. The summed E-state index contributed by atoms with van der Waals surface area (Å²) in [6, 6.07) is 11.7. The molecule has 36 heavy (non-hydrogen) atoms. The van der Waals surface area contributed by atoms with Gasteiger partial charge in [-0.3, -0.25) is 14.8 Å². The highest BCUT2D eigenvalue weighted by atomic mass is 16.3. The fourth-order valence-corrected chi connectivity index (χ4v) is 5.44. The van der Waals surface area contributed by atoms with Crippen LogP contribution in [0.1, 0.15) is 65.3 Å². The first-order chi connectivity index (χ1) is 17.5. The van der Waals surface area contributed by atoms with Crippen molar-refractivity contribution in [3.8, 4) is 11.3 Å². The SMILES string of the molecule is CC(C)C1CCc2nc3ccc(C(N)=O)c([C@@H](CCO)c4ccc(-c5ccnnc5)nc4)c3cc2C1. The zero-order chi connectivity index (χ0) is 25.2. The molecule has 5 rings (SSSR count). The Morgan fingerprint density at radius 2 is 2.00 bits per heavy atom. The molecule has 7 heteroatoms. The largest absolute Gasteiger partial charge is 0.396 e. The number of nitrogens with zero attached hydrogens (tertiary/aromatic N) is 4. The lowest BCUT2D eigenvalue weighted by atomic mass is 9.78. The molecule has 4 aromatic rings. The Balaban J connectivity index is 1.65. The Bertz CT molecular complexity index is 1390. The third-order valence-corrected chi connectivity index (χ3v) is 7.49. The van der Waals surface area contributed by atoms with Crippen LogP contribution in [0.5, 0.6) is 0 Å². The van der Waals surface area contributed by atoms with E-state index in [0.717, 1.165) is 58.2 Å². The predicted octanol–water partition coefficient (Wildman–Crippen LogP) is 4.46. The van der Waals surface area contributed by atoms with Gasteiger partial charge < -0.3 is 10.8 Å². The summed E-state index contributed by atoms with van der Waals surface area (Å²) in [5.74, 6) is 0.475. The maximum atomic E-state index is 12.6. The molecular weight excluding hydrogens is 450 g/mol. The molecule has 3 heterocycles. The number of rotatable bonds is 7. The molecule has 1 unspecified atom stereocenters. The number of aromatic nitrogens is 4. The van der Waals surface area contributed by atoms with Gasteiger partial charge >= 0.3 is 0 Å². The minimum atomic E-state index is -0.486. The van der Waals surface area contributed by atoms with E-state index in [1.165, 1.54) is 5.56 Å². The van der Waals surface area contributed by atoms with Gasteiger partial charge in [-0.05, 0) is 84.5 Å². The number of fused-ring (bicyclic) bond motifs is 2. The van der Waals surface area contributed by atoms with Crippen molar-refractivity contribution in [3.05, 3.63) is 82.9 Å². The van der Waals surface area contributed by atoms with Crippen LogP contribution in [0.25, 0.3) is 22.2 Å². The molecular formula is C29H31N5O2. The summed E-state index contributed by atoms with van der Waals surface area (Å²) in [7, 11) is 0. The number of nitrogens with two attached hydrogens (primary N) is 1. The first kappa shape index (κ1) is 24.0. The van der Waals surface area contributed by atoms with Crippen molar-refractivity contribution in [2.24, 2.45) is 17.6 Å². The maximum Gasteiger partial charge on any atom is 0.249 e. The van der Waals surface area contributed by atoms with Crippen molar-refractivity contribution in [1.29, 1.82) is 0 Å². The Labute approximate surface area is 210 Å². The van der Waals surface area contributed by atoms with Gasteiger partial charge in [0.1, 0.15) is 0 Å². The van der Waals surface area contributed by atoms with Crippen molar-refractivity contribution < 1.29 is 9.90 Å². The van der Waals surface area contributed by atoms with Gasteiger partial charge in [0.15, 0.2) is 0 Å². The first-order valence-corrected chi connectivity index (χ1v) is 12.5. The molecule has 3 N–H and O–H groups in total. The number of hydrogen-bond acceptors (Lipinski definition) is 6. The van der Waals surface area contributed by atoms with Crippen molar-refractivity contribution in [2.45, 2.75) is 45.4 Å². The van der Waals surface area contributed by atoms with Crippen LogP contribution in [-0.4, -0.2) is 37.8 Å². The fraction of sp³-hybridized carbons (Fsp3) is 0.345. The summed E-state index contributed by atoms with van der Waals surface area (Å²) >= 11 is 0. The number of amides is 1. The topological polar surface area (TPSA) is 115 Å². The van der Waals surface area contributed by atoms with Gasteiger partial charge in [-0.2, -0.15) is 10.2 Å². The molecule has 0 saturated heterocycles. The van der Waals surface area contributed by atoms with Gasteiger partial charge in [0.2, 0.25) is 5.91 Å². The number of carbonyl (C=O) groups is 1. The fourth-order valence-electron chi connectivity index (χ4n) is 5.44. The van der Waals surface area contributed by atoms with Gasteiger partial charge in [-0.25, -0.2) is 0 Å². The number of aryl methyl sites for hydroxylation is 1. The Kier molecular flexibility index (Phi) is 6.74. The lowest BCUT2D eigenvalue weighted by molar-refractivity contribution is 0.0999. The molecule has 0 fully saturated rings. The van der Waals surface area contributed by atoms with E-state index in [9.17, 15) is 9.90 Å². The molecule has 1 aromatic carbocycles. The highest BCUT2D eigenvalue weighted by Gasteiger charge is 2.27. The summed E-state index contributed by atoms with van der Waals surface area (Å²) in [5.41, 5.74) is 12.9. The summed E-state index contributed by atoms with van der Waals surface area (Å²) in [6.45, 7) is 4.51. The number of hydrogen-bond donors (Lipinski definition) is 2. The van der Waals surface area contributed by atoms with E-state index < -0.39 is 5.91 Å². The third kappa shape index (κ3) is 4.58. The molecule has 1 aliphatic carbocycles. The molecule has 0 radical (unpaired) electrons. The van der Waals surface area contributed by atoms with Crippen molar-refractivity contribution in [1.82, 2.24) is 20.2 Å². The summed E-state index contributed by atoms with van der Waals surface area (Å²) in [6.07, 6.45) is 8.64. The van der Waals surface area contributed by atoms with E-state index in [1.54, 1.807) is 24.7 Å². The van der Waals surface area contributed by atoms with Crippen LogP contribution in [-0.2, 0) is 12.8 Å². The molecule has 184 valence electrons. The minimum absolute atomic E-state index is 0.0386. The first-order valence-electron chi connectivity index (χ1n) is 12.5. The van der Waals surface area contributed by atoms with E-state index in [1.807, 2.05) is 24.3 Å². The van der Waals surface area contributed by atoms with E-state index in [2.05, 4.69) is 35.1 Å². The zero-order valence-corrected chi connectivity index (χ0v) is 20.7. The van der Waals surface area contributed by atoms with Crippen LogP contribution in [0.2, 0.25) is 0 Å². The summed E-state index contributed by atoms with van der Waals surface area (Å²) in [4.78, 5) is 22.3. The van der Waals surface area contributed by atoms with Crippen molar-refractivity contribution >= 4 is 16.8 Å². The standard InChI is InChI=1S/C29H31N5O2/c1-17(2)18-3-7-26-21(13-18)14-24-27(34-26)8-5-23(29(30)36)28(24)22(10-12-35)19-4-6-25(31-15-19)20-9-11-32-33-16-20/h4-6,8-9,11,14-18,22,35H,3,7,10,12-13H2,1-2H3,(H2,30,36)/t18?,22-/m0/s1. The van der Waals surface area contributed by atoms with E-state index >= 15 is 0 Å².